The number of amides is 1. The Labute approximate surface area is 159 Å². The number of carbonyl (C=O) groups is 1. The van der Waals surface area contributed by atoms with Crippen molar-refractivity contribution in [1.82, 2.24) is 0 Å². The molecule has 0 radical (unpaired) electrons. The molecule has 5 nitrogen and oxygen atoms in total. The molecule has 1 aliphatic rings. The Balaban J connectivity index is 1.68. The highest BCUT2D eigenvalue weighted by Gasteiger charge is 2.18. The number of para-hydroxylation sites is 1. The van der Waals surface area contributed by atoms with E-state index in [-0.39, 0.29) is 12.5 Å². The molecular formula is C20H24ClN3O2. The predicted molar refractivity (Wildman–Crippen MR) is 108 cm³/mol. The average Bonchev–Trinajstić information content (AvgIpc) is 2.64. The molecule has 1 fully saturated rings. The van der Waals surface area contributed by atoms with Crippen LogP contribution in [0.1, 0.15) is 11.1 Å². The molecule has 0 spiro atoms. The van der Waals surface area contributed by atoms with Gasteiger partial charge in [-0.05, 0) is 43.2 Å². The molecule has 1 amide bonds. The maximum atomic E-state index is 12.4. The second kappa shape index (κ2) is 8.43. The number of nitrogens with one attached hydrogen (secondary N) is 2. The van der Waals surface area contributed by atoms with E-state index in [1.807, 2.05) is 50.2 Å². The Hall–Kier alpha value is -2.24. The van der Waals surface area contributed by atoms with Crippen LogP contribution in [0.3, 0.4) is 0 Å². The molecule has 0 aromatic heterocycles. The van der Waals surface area contributed by atoms with E-state index in [1.165, 1.54) is 0 Å². The number of morpholine rings is 1. The highest BCUT2D eigenvalue weighted by Crippen LogP contribution is 2.34. The molecule has 26 heavy (non-hydrogen) atoms. The standard InChI is InChI=1S/C20H24ClN3O2/c1-14-5-3-7-17(15(14)2)23-19(25)13-22-18-8-4-6-16(21)20(18)24-9-11-26-12-10-24/h3-8,22H,9-13H2,1-2H3,(H,23,25). The van der Waals surface area contributed by atoms with Gasteiger partial charge in [-0.3, -0.25) is 4.79 Å². The molecule has 0 bridgehead atoms. The van der Waals surface area contributed by atoms with E-state index in [0.29, 0.717) is 18.2 Å². The van der Waals surface area contributed by atoms with Crippen LogP contribution in [0.2, 0.25) is 5.02 Å². The van der Waals surface area contributed by atoms with Gasteiger partial charge in [0.2, 0.25) is 5.91 Å². The minimum Gasteiger partial charge on any atom is -0.378 e. The molecule has 1 saturated heterocycles. The van der Waals surface area contributed by atoms with E-state index in [0.717, 1.165) is 41.3 Å². The van der Waals surface area contributed by atoms with Crippen molar-refractivity contribution in [2.75, 3.05) is 48.4 Å². The molecular weight excluding hydrogens is 350 g/mol. The Kier molecular flexibility index (Phi) is 6.01. The monoisotopic (exact) mass is 373 g/mol. The number of carbonyl (C=O) groups excluding carboxylic acids is 1. The Morgan fingerprint density at radius 3 is 2.58 bits per heavy atom. The molecule has 2 aromatic carbocycles. The molecule has 6 heteroatoms. The second-order valence-electron chi connectivity index (χ2n) is 6.38. The molecule has 0 aliphatic carbocycles. The predicted octanol–water partition coefficient (Wildman–Crippen LogP) is 3.84. The smallest absolute Gasteiger partial charge is 0.243 e. The molecule has 0 saturated carbocycles. The largest absolute Gasteiger partial charge is 0.378 e. The van der Waals surface area contributed by atoms with Crippen LogP contribution in [0.25, 0.3) is 0 Å². The lowest BCUT2D eigenvalue weighted by Gasteiger charge is -2.31. The van der Waals surface area contributed by atoms with E-state index < -0.39 is 0 Å². The van der Waals surface area contributed by atoms with Crippen molar-refractivity contribution in [2.45, 2.75) is 13.8 Å². The Bertz CT molecular complexity index is 789. The lowest BCUT2D eigenvalue weighted by Crippen LogP contribution is -2.37. The highest BCUT2D eigenvalue weighted by molar-refractivity contribution is 6.34. The quantitative estimate of drug-likeness (QED) is 0.836. The van der Waals surface area contributed by atoms with Crippen LogP contribution < -0.4 is 15.5 Å². The topological polar surface area (TPSA) is 53.6 Å². The summed E-state index contributed by atoms with van der Waals surface area (Å²) in [4.78, 5) is 14.6. The summed E-state index contributed by atoms with van der Waals surface area (Å²) in [5, 5.41) is 6.87. The van der Waals surface area contributed by atoms with Crippen molar-refractivity contribution >= 4 is 34.6 Å². The third-order valence-corrected chi connectivity index (χ3v) is 4.94. The van der Waals surface area contributed by atoms with Gasteiger partial charge in [0.05, 0.1) is 36.2 Å². The maximum Gasteiger partial charge on any atom is 0.243 e. The minimum atomic E-state index is -0.0911. The number of hydrogen-bond acceptors (Lipinski definition) is 4. The van der Waals surface area contributed by atoms with Gasteiger partial charge >= 0.3 is 0 Å². The zero-order chi connectivity index (χ0) is 18.5. The maximum absolute atomic E-state index is 12.4. The molecule has 3 rings (SSSR count). The number of aryl methyl sites for hydroxylation is 1. The van der Waals surface area contributed by atoms with Gasteiger partial charge in [0.25, 0.3) is 0 Å². The number of halogens is 1. The van der Waals surface area contributed by atoms with Crippen LogP contribution in [0.15, 0.2) is 36.4 Å². The fourth-order valence-electron chi connectivity index (χ4n) is 3.02. The van der Waals surface area contributed by atoms with Crippen molar-refractivity contribution in [3.8, 4) is 0 Å². The molecule has 0 unspecified atom stereocenters. The number of benzene rings is 2. The van der Waals surface area contributed by atoms with E-state index in [9.17, 15) is 4.79 Å². The van der Waals surface area contributed by atoms with Gasteiger partial charge < -0.3 is 20.3 Å². The first-order chi connectivity index (χ1) is 12.6. The first-order valence-corrected chi connectivity index (χ1v) is 9.15. The summed E-state index contributed by atoms with van der Waals surface area (Å²) in [6.07, 6.45) is 0. The number of ether oxygens (including phenoxy) is 1. The average molecular weight is 374 g/mol. The summed E-state index contributed by atoms with van der Waals surface area (Å²) in [7, 11) is 0. The van der Waals surface area contributed by atoms with Crippen LogP contribution >= 0.6 is 11.6 Å². The van der Waals surface area contributed by atoms with Crippen LogP contribution in [-0.4, -0.2) is 38.8 Å². The van der Waals surface area contributed by atoms with Gasteiger partial charge in [0.1, 0.15) is 0 Å². The van der Waals surface area contributed by atoms with Crippen LogP contribution in [0.4, 0.5) is 17.1 Å². The molecule has 2 N–H and O–H groups in total. The van der Waals surface area contributed by atoms with Gasteiger partial charge in [-0.1, -0.05) is 29.8 Å². The Morgan fingerprint density at radius 2 is 1.81 bits per heavy atom. The molecule has 1 heterocycles. The van der Waals surface area contributed by atoms with Crippen LogP contribution in [0.5, 0.6) is 0 Å². The van der Waals surface area contributed by atoms with Crippen LogP contribution in [0, 0.1) is 13.8 Å². The van der Waals surface area contributed by atoms with Gasteiger partial charge in [-0.25, -0.2) is 0 Å². The third-order valence-electron chi connectivity index (χ3n) is 4.63. The van der Waals surface area contributed by atoms with Gasteiger partial charge in [0, 0.05) is 18.8 Å². The number of hydrogen-bond donors (Lipinski definition) is 2. The third kappa shape index (κ3) is 4.29. The van der Waals surface area contributed by atoms with Crippen molar-refractivity contribution in [3.63, 3.8) is 0 Å². The number of anilines is 3. The lowest BCUT2D eigenvalue weighted by atomic mass is 10.1. The summed E-state index contributed by atoms with van der Waals surface area (Å²) in [5.74, 6) is -0.0911. The van der Waals surface area contributed by atoms with Gasteiger partial charge in [-0.2, -0.15) is 0 Å². The van der Waals surface area contributed by atoms with E-state index in [4.69, 9.17) is 16.3 Å². The zero-order valence-electron chi connectivity index (χ0n) is 15.1. The van der Waals surface area contributed by atoms with Crippen molar-refractivity contribution in [2.24, 2.45) is 0 Å². The first-order valence-electron chi connectivity index (χ1n) is 8.77. The minimum absolute atomic E-state index is 0.0911. The van der Waals surface area contributed by atoms with Gasteiger partial charge in [-0.15, -0.1) is 0 Å². The zero-order valence-corrected chi connectivity index (χ0v) is 15.9. The highest BCUT2D eigenvalue weighted by atomic mass is 35.5. The van der Waals surface area contributed by atoms with Gasteiger partial charge in [0.15, 0.2) is 0 Å². The fourth-order valence-corrected chi connectivity index (χ4v) is 3.32. The summed E-state index contributed by atoms with van der Waals surface area (Å²) in [6.45, 7) is 7.14. The normalized spacial score (nSPS) is 14.2. The van der Waals surface area contributed by atoms with E-state index in [1.54, 1.807) is 0 Å². The van der Waals surface area contributed by atoms with Crippen molar-refractivity contribution < 1.29 is 9.53 Å². The molecule has 2 aromatic rings. The van der Waals surface area contributed by atoms with Crippen molar-refractivity contribution in [3.05, 3.63) is 52.5 Å². The molecule has 1 aliphatic heterocycles. The molecule has 0 atom stereocenters. The number of nitrogens with zero attached hydrogens (tertiary/aromatic N) is 1. The fraction of sp³-hybridized carbons (Fsp3) is 0.350. The lowest BCUT2D eigenvalue weighted by molar-refractivity contribution is -0.114. The first kappa shape index (κ1) is 18.5. The van der Waals surface area contributed by atoms with Crippen LogP contribution in [-0.2, 0) is 9.53 Å². The molecule has 138 valence electrons. The second-order valence-corrected chi connectivity index (χ2v) is 6.79. The summed E-state index contributed by atoms with van der Waals surface area (Å²) >= 11 is 6.42. The number of rotatable bonds is 5. The Morgan fingerprint density at radius 1 is 1.12 bits per heavy atom. The summed E-state index contributed by atoms with van der Waals surface area (Å²) in [6, 6.07) is 11.6. The van der Waals surface area contributed by atoms with E-state index in [2.05, 4.69) is 15.5 Å². The van der Waals surface area contributed by atoms with Crippen molar-refractivity contribution in [1.29, 1.82) is 0 Å². The SMILES string of the molecule is Cc1cccc(NC(=O)CNc2cccc(Cl)c2N2CCOCC2)c1C. The van der Waals surface area contributed by atoms with E-state index >= 15 is 0 Å². The summed E-state index contributed by atoms with van der Waals surface area (Å²) in [5.41, 5.74) is 4.86. The summed E-state index contributed by atoms with van der Waals surface area (Å²) < 4.78 is 5.42.